The minimum Gasteiger partial charge on any atom is -0.481 e. The SMILES string of the molecule is CCC(c1ccc(F)cn1)N1CCCC(CCC(=O)O)C1. The summed E-state index contributed by atoms with van der Waals surface area (Å²) in [6, 6.07) is 3.40. The standard InChI is InChI=1S/C16H23FN2O2/c1-2-15(14-7-6-13(17)10-18-14)19-9-3-4-12(11-19)5-8-16(20)21/h6-7,10,12,15H,2-5,8-9,11H2,1H3,(H,20,21). The summed E-state index contributed by atoms with van der Waals surface area (Å²) in [6.07, 6.45) is 5.34. The number of likely N-dealkylation sites (tertiary alicyclic amines) is 1. The van der Waals surface area contributed by atoms with E-state index in [9.17, 15) is 9.18 Å². The van der Waals surface area contributed by atoms with E-state index in [0.717, 1.165) is 44.5 Å². The van der Waals surface area contributed by atoms with Crippen LogP contribution in [0.25, 0.3) is 0 Å². The van der Waals surface area contributed by atoms with E-state index >= 15 is 0 Å². The fraction of sp³-hybridized carbons (Fsp3) is 0.625. The molecule has 1 aliphatic rings. The fourth-order valence-electron chi connectivity index (χ4n) is 3.18. The molecular formula is C16H23FN2O2. The van der Waals surface area contributed by atoms with Gasteiger partial charge in [-0.1, -0.05) is 6.92 Å². The van der Waals surface area contributed by atoms with Crippen molar-refractivity contribution in [3.8, 4) is 0 Å². The molecule has 5 heteroatoms. The molecule has 1 aromatic heterocycles. The molecule has 2 unspecified atom stereocenters. The molecule has 2 heterocycles. The Bertz CT molecular complexity index is 464. The molecule has 2 rings (SSSR count). The Labute approximate surface area is 125 Å². The maximum atomic E-state index is 13.0. The van der Waals surface area contributed by atoms with Gasteiger partial charge in [0.15, 0.2) is 0 Å². The van der Waals surface area contributed by atoms with Gasteiger partial charge in [-0.05, 0) is 50.3 Å². The smallest absolute Gasteiger partial charge is 0.303 e. The lowest BCUT2D eigenvalue weighted by molar-refractivity contribution is -0.137. The molecular weight excluding hydrogens is 271 g/mol. The molecule has 0 spiro atoms. The Morgan fingerprint density at radius 3 is 3.00 bits per heavy atom. The number of hydrogen-bond acceptors (Lipinski definition) is 3. The second-order valence-electron chi connectivity index (χ2n) is 5.76. The van der Waals surface area contributed by atoms with Crippen LogP contribution in [0.3, 0.4) is 0 Å². The van der Waals surface area contributed by atoms with E-state index in [1.807, 2.05) is 0 Å². The first-order valence-electron chi connectivity index (χ1n) is 7.67. The van der Waals surface area contributed by atoms with Crippen molar-refractivity contribution < 1.29 is 14.3 Å². The molecule has 1 fully saturated rings. The topological polar surface area (TPSA) is 53.4 Å². The Morgan fingerprint density at radius 2 is 2.38 bits per heavy atom. The number of hydrogen-bond donors (Lipinski definition) is 1. The summed E-state index contributed by atoms with van der Waals surface area (Å²) in [5.74, 6) is -0.602. The van der Waals surface area contributed by atoms with Crippen molar-refractivity contribution in [3.05, 3.63) is 29.8 Å². The van der Waals surface area contributed by atoms with Crippen LogP contribution in [0.4, 0.5) is 4.39 Å². The zero-order chi connectivity index (χ0) is 15.2. The first kappa shape index (κ1) is 15.9. The second-order valence-corrected chi connectivity index (χ2v) is 5.76. The summed E-state index contributed by atoms with van der Waals surface area (Å²) in [5.41, 5.74) is 0.901. The van der Waals surface area contributed by atoms with Crippen LogP contribution < -0.4 is 0 Å². The van der Waals surface area contributed by atoms with Crippen LogP contribution in [-0.4, -0.2) is 34.0 Å². The van der Waals surface area contributed by atoms with E-state index in [-0.39, 0.29) is 18.3 Å². The highest BCUT2D eigenvalue weighted by Gasteiger charge is 2.26. The van der Waals surface area contributed by atoms with Crippen LogP contribution in [0.1, 0.15) is 50.8 Å². The van der Waals surface area contributed by atoms with Gasteiger partial charge in [-0.25, -0.2) is 4.39 Å². The van der Waals surface area contributed by atoms with Crippen molar-refractivity contribution in [2.45, 2.75) is 45.1 Å². The monoisotopic (exact) mass is 294 g/mol. The number of carbonyl (C=O) groups is 1. The van der Waals surface area contributed by atoms with Gasteiger partial charge < -0.3 is 5.11 Å². The summed E-state index contributed by atoms with van der Waals surface area (Å²) in [6.45, 7) is 4.02. The normalized spacial score (nSPS) is 21.1. The third-order valence-corrected chi connectivity index (χ3v) is 4.24. The number of carboxylic acids is 1. The number of aromatic nitrogens is 1. The lowest BCUT2D eigenvalue weighted by Gasteiger charge is -2.37. The van der Waals surface area contributed by atoms with E-state index in [4.69, 9.17) is 5.11 Å². The molecule has 21 heavy (non-hydrogen) atoms. The largest absolute Gasteiger partial charge is 0.481 e. The fourth-order valence-corrected chi connectivity index (χ4v) is 3.18. The molecule has 0 radical (unpaired) electrons. The summed E-state index contributed by atoms with van der Waals surface area (Å²) in [7, 11) is 0. The van der Waals surface area contributed by atoms with Crippen LogP contribution in [0.5, 0.6) is 0 Å². The van der Waals surface area contributed by atoms with Crippen molar-refractivity contribution in [1.82, 2.24) is 9.88 Å². The minimum atomic E-state index is -0.723. The second kappa shape index (κ2) is 7.50. The van der Waals surface area contributed by atoms with Gasteiger partial charge in [0.2, 0.25) is 0 Å². The lowest BCUT2D eigenvalue weighted by atomic mass is 9.91. The summed E-state index contributed by atoms with van der Waals surface area (Å²) in [5, 5.41) is 8.81. The molecule has 0 aliphatic carbocycles. The van der Waals surface area contributed by atoms with Crippen LogP contribution in [0.15, 0.2) is 18.3 Å². The highest BCUT2D eigenvalue weighted by atomic mass is 19.1. The quantitative estimate of drug-likeness (QED) is 0.875. The number of carboxylic acid groups (broad SMARTS) is 1. The van der Waals surface area contributed by atoms with E-state index in [1.165, 1.54) is 12.3 Å². The molecule has 0 bridgehead atoms. The van der Waals surface area contributed by atoms with Gasteiger partial charge in [0.25, 0.3) is 0 Å². The average molecular weight is 294 g/mol. The molecule has 4 nitrogen and oxygen atoms in total. The van der Waals surface area contributed by atoms with Crippen molar-refractivity contribution in [3.63, 3.8) is 0 Å². The van der Waals surface area contributed by atoms with Gasteiger partial charge in [0, 0.05) is 13.0 Å². The lowest BCUT2D eigenvalue weighted by Crippen LogP contribution is -2.38. The number of aliphatic carboxylic acids is 1. The molecule has 116 valence electrons. The van der Waals surface area contributed by atoms with E-state index in [1.54, 1.807) is 6.07 Å². The van der Waals surface area contributed by atoms with Crippen molar-refractivity contribution >= 4 is 5.97 Å². The van der Waals surface area contributed by atoms with E-state index in [0.29, 0.717) is 5.92 Å². The van der Waals surface area contributed by atoms with Gasteiger partial charge >= 0.3 is 5.97 Å². The molecule has 1 saturated heterocycles. The third-order valence-electron chi connectivity index (χ3n) is 4.24. The predicted molar refractivity (Wildman–Crippen MR) is 78.4 cm³/mol. The van der Waals surface area contributed by atoms with Crippen molar-refractivity contribution in [1.29, 1.82) is 0 Å². The zero-order valence-corrected chi connectivity index (χ0v) is 12.5. The number of pyridine rings is 1. The molecule has 0 aromatic carbocycles. The van der Waals surface area contributed by atoms with Gasteiger partial charge in [-0.3, -0.25) is 14.7 Å². The van der Waals surface area contributed by atoms with Crippen molar-refractivity contribution in [2.75, 3.05) is 13.1 Å². The number of piperidine rings is 1. The van der Waals surface area contributed by atoms with Gasteiger partial charge in [0.05, 0.1) is 17.9 Å². The first-order valence-corrected chi connectivity index (χ1v) is 7.67. The van der Waals surface area contributed by atoms with Gasteiger partial charge in [0.1, 0.15) is 5.82 Å². The van der Waals surface area contributed by atoms with E-state index < -0.39 is 5.97 Å². The molecule has 1 N–H and O–H groups in total. The Morgan fingerprint density at radius 1 is 1.57 bits per heavy atom. The van der Waals surface area contributed by atoms with Crippen molar-refractivity contribution in [2.24, 2.45) is 5.92 Å². The van der Waals surface area contributed by atoms with Crippen LogP contribution in [-0.2, 0) is 4.79 Å². The van der Waals surface area contributed by atoms with Crippen LogP contribution in [0, 0.1) is 11.7 Å². The molecule has 1 aliphatic heterocycles. The Kier molecular flexibility index (Phi) is 5.67. The Hall–Kier alpha value is -1.49. The predicted octanol–water partition coefficient (Wildman–Crippen LogP) is 3.25. The molecule has 0 saturated carbocycles. The highest BCUT2D eigenvalue weighted by Crippen LogP contribution is 2.30. The van der Waals surface area contributed by atoms with Gasteiger partial charge in [-0.15, -0.1) is 0 Å². The molecule has 1 aromatic rings. The zero-order valence-electron chi connectivity index (χ0n) is 12.5. The molecule has 0 amide bonds. The highest BCUT2D eigenvalue weighted by molar-refractivity contribution is 5.66. The third kappa shape index (κ3) is 4.49. The first-order chi connectivity index (χ1) is 10.1. The summed E-state index contributed by atoms with van der Waals surface area (Å²) in [4.78, 5) is 17.3. The number of halogens is 1. The number of nitrogens with zero attached hydrogens (tertiary/aromatic N) is 2. The molecule has 2 atom stereocenters. The van der Waals surface area contributed by atoms with Crippen LogP contribution in [0.2, 0.25) is 0 Å². The summed E-state index contributed by atoms with van der Waals surface area (Å²) >= 11 is 0. The maximum Gasteiger partial charge on any atom is 0.303 e. The number of rotatable bonds is 6. The summed E-state index contributed by atoms with van der Waals surface area (Å²) < 4.78 is 13.0. The minimum absolute atomic E-state index is 0.193. The van der Waals surface area contributed by atoms with Crippen LogP contribution >= 0.6 is 0 Å². The maximum absolute atomic E-state index is 13.0. The van der Waals surface area contributed by atoms with Gasteiger partial charge in [-0.2, -0.15) is 0 Å². The van der Waals surface area contributed by atoms with E-state index in [2.05, 4.69) is 16.8 Å². The average Bonchev–Trinajstić information content (AvgIpc) is 2.48. The Balaban J connectivity index is 2.00.